The molecule has 53 heteroatoms. The maximum atomic E-state index is 13.0. The highest BCUT2D eigenvalue weighted by atomic mass is 16.8. The van der Waals surface area contributed by atoms with Gasteiger partial charge in [-0.2, -0.15) is 0 Å². The summed E-state index contributed by atoms with van der Waals surface area (Å²) >= 11 is 0. The van der Waals surface area contributed by atoms with Gasteiger partial charge >= 0.3 is 0 Å². The summed E-state index contributed by atoms with van der Waals surface area (Å²) in [4.78, 5) is 25.2. The maximum Gasteiger partial charge on any atom is 0.217 e. The Balaban J connectivity index is 1.01. The highest BCUT2D eigenvalue weighted by Gasteiger charge is 2.61. The minimum absolute atomic E-state index is 0.802. The first-order valence-electron chi connectivity index (χ1n) is 37.2. The van der Waals surface area contributed by atoms with Crippen LogP contribution in [0.2, 0.25) is 0 Å². The van der Waals surface area contributed by atoms with Crippen LogP contribution in [0.3, 0.4) is 0 Å². The zero-order valence-electron chi connectivity index (χ0n) is 61.9. The fourth-order valence-corrected chi connectivity index (χ4v) is 15.0. The zero-order chi connectivity index (χ0) is 85.9. The number of hydrogen-bond acceptors (Lipinski definition) is 51. The standard InChI is InChI=1S/C64H108N2O51/c1-13(75)65-25-35(85)48(21(9-73)101-55(25)98)111-56-26(66-14(2)76)36(86)49(22(10-74)108-56)112-61-47(97)51(114-64-54(42(92)32(82)20(8-72)107-64)117-60-45(95)39(89)29(79)17(5-69)104-60)34(84)24(110-61)11-99-57-46(96)50(113-63-53(41(91)31(81)19(7-71)106-63)116-59-44(94)38(88)28(78)16(4-68)103-59)33(83)23(109-57)12-100-62-52(40(90)30(80)18(6-70)105-62)115-58-43(93)37(87)27(77)15(3-67)102-58/h15-64,67-74,77-98H,3-12H2,1-2H3,(H,65,75)(H,66,76)/t15-,16-,17-,18-,19-,20-,21-,22-,23-,24-,25-,26-,27-,28-,29-,30-,31-,32-,33-,34-,35-,36-,37+,38+,39+,40+,41+,42+,43+,44+,45+,46+,47+,48-,49-,50+,51+,52+,53+,54+,55+,56+,57+,58-,59-,60-,61+,62+,63-,64-/m1/s1. The number of carbonyl (C=O) groups is 2. The van der Waals surface area contributed by atoms with E-state index in [1.54, 1.807) is 0 Å². The first-order valence-corrected chi connectivity index (χ1v) is 37.2. The fraction of sp³-hybridized carbons (Fsp3) is 0.969. The van der Waals surface area contributed by atoms with Gasteiger partial charge in [0.15, 0.2) is 62.9 Å². The van der Waals surface area contributed by atoms with Crippen LogP contribution in [0.25, 0.3) is 0 Å². The molecule has 53 nitrogen and oxygen atoms in total. The molecule has 680 valence electrons. The molecule has 0 bridgehead atoms. The van der Waals surface area contributed by atoms with Crippen molar-refractivity contribution in [3.63, 3.8) is 0 Å². The van der Waals surface area contributed by atoms with Crippen molar-refractivity contribution in [1.29, 1.82) is 0 Å². The number of ether oxygens (including phenoxy) is 19. The van der Waals surface area contributed by atoms with E-state index in [1.807, 2.05) is 0 Å². The Labute approximate surface area is 660 Å². The van der Waals surface area contributed by atoms with E-state index >= 15 is 0 Å². The molecule has 0 aromatic rings. The van der Waals surface area contributed by atoms with Crippen LogP contribution in [-0.2, 0) is 99.6 Å². The van der Waals surface area contributed by atoms with Gasteiger partial charge in [0.05, 0.1) is 66.1 Å². The van der Waals surface area contributed by atoms with E-state index in [0.717, 1.165) is 13.8 Å². The normalized spacial score (nSPS) is 51.5. The Morgan fingerprint density at radius 3 is 0.838 bits per heavy atom. The average Bonchev–Trinajstić information content (AvgIpc) is 0.769. The molecule has 0 aromatic carbocycles. The molecule has 50 atom stereocenters. The Morgan fingerprint density at radius 1 is 0.222 bits per heavy atom. The van der Waals surface area contributed by atoms with Crippen LogP contribution in [0, 0.1) is 0 Å². The van der Waals surface area contributed by atoms with Crippen LogP contribution >= 0.6 is 0 Å². The lowest BCUT2D eigenvalue weighted by atomic mass is 9.94. The quantitative estimate of drug-likeness (QED) is 0.0318. The van der Waals surface area contributed by atoms with Crippen LogP contribution in [0.5, 0.6) is 0 Å². The van der Waals surface area contributed by atoms with E-state index in [-0.39, 0.29) is 0 Å². The number of aliphatic hydroxyl groups is 30. The van der Waals surface area contributed by atoms with E-state index in [4.69, 9.17) is 90.0 Å². The van der Waals surface area contributed by atoms with Crippen molar-refractivity contribution in [2.75, 3.05) is 66.1 Å². The second kappa shape index (κ2) is 41.9. The molecule has 0 radical (unpaired) electrons. The summed E-state index contributed by atoms with van der Waals surface area (Å²) in [5.74, 6) is -1.77. The molecule has 10 saturated heterocycles. The first-order chi connectivity index (χ1) is 55.4. The molecule has 10 aliphatic rings. The Morgan fingerprint density at radius 2 is 0.470 bits per heavy atom. The monoisotopic (exact) mass is 1720 g/mol. The first kappa shape index (κ1) is 96.2. The predicted octanol–water partition coefficient (Wildman–Crippen LogP) is -22.5. The van der Waals surface area contributed by atoms with E-state index in [0.29, 0.717) is 0 Å². The zero-order valence-corrected chi connectivity index (χ0v) is 61.9. The molecular formula is C64H108N2O51. The largest absolute Gasteiger partial charge is 0.394 e. The number of carbonyl (C=O) groups excluding carboxylic acids is 2. The van der Waals surface area contributed by atoms with Gasteiger partial charge in [-0.05, 0) is 0 Å². The van der Waals surface area contributed by atoms with Gasteiger partial charge in [0.1, 0.15) is 244 Å². The van der Waals surface area contributed by atoms with Crippen molar-refractivity contribution in [2.45, 2.75) is 321 Å². The molecule has 0 saturated carbocycles. The van der Waals surface area contributed by atoms with E-state index < -0.39 is 385 Å². The third-order valence-corrected chi connectivity index (χ3v) is 21.7. The Hall–Kier alpha value is -3.02. The van der Waals surface area contributed by atoms with Crippen molar-refractivity contribution < 1.29 is 253 Å². The molecule has 0 spiro atoms. The number of rotatable bonds is 30. The molecule has 10 aliphatic heterocycles. The van der Waals surface area contributed by atoms with Gasteiger partial charge in [0, 0.05) is 13.8 Å². The molecule has 2 amide bonds. The molecule has 117 heavy (non-hydrogen) atoms. The predicted molar refractivity (Wildman–Crippen MR) is 353 cm³/mol. The lowest BCUT2D eigenvalue weighted by molar-refractivity contribution is -0.401. The summed E-state index contributed by atoms with van der Waals surface area (Å²) < 4.78 is 111. The van der Waals surface area contributed by atoms with Crippen molar-refractivity contribution in [3.8, 4) is 0 Å². The molecule has 0 unspecified atom stereocenters. The van der Waals surface area contributed by atoms with E-state index in [2.05, 4.69) is 10.6 Å². The summed E-state index contributed by atoms with van der Waals surface area (Å²) in [7, 11) is 0. The van der Waals surface area contributed by atoms with Gasteiger partial charge in [0.2, 0.25) is 11.8 Å². The molecule has 10 heterocycles. The van der Waals surface area contributed by atoms with Gasteiger partial charge in [-0.25, -0.2) is 0 Å². The lowest BCUT2D eigenvalue weighted by Gasteiger charge is -2.51. The summed E-state index contributed by atoms with van der Waals surface area (Å²) in [5.41, 5.74) is 0. The molecule has 10 fully saturated rings. The number of nitrogens with one attached hydrogen (secondary N) is 2. The smallest absolute Gasteiger partial charge is 0.217 e. The van der Waals surface area contributed by atoms with Crippen LogP contribution in [0.15, 0.2) is 0 Å². The highest BCUT2D eigenvalue weighted by molar-refractivity contribution is 5.73. The van der Waals surface area contributed by atoms with Crippen molar-refractivity contribution in [3.05, 3.63) is 0 Å². The molecular weight excluding hydrogens is 1610 g/mol. The summed E-state index contributed by atoms with van der Waals surface area (Å²) in [5, 5.41) is 337. The molecule has 32 N–H and O–H groups in total. The molecule has 10 rings (SSSR count). The highest BCUT2D eigenvalue weighted by Crippen LogP contribution is 2.40. The summed E-state index contributed by atoms with van der Waals surface area (Å²) in [6.07, 6.45) is -104. The average molecular weight is 1720 g/mol. The second-order valence-electron chi connectivity index (χ2n) is 29.5. The Bertz CT molecular complexity index is 3050. The SMILES string of the molecule is CC(=O)N[C@@H]1[C@@H](O)[C@H](O[C@@H]2O[C@H](CO)[C@@H](O[C@@H]3O[C@H](CO[C@H]4O[C@H](CO[C@H]5O[C@H](CO)[C@@H](O)[C@H](O)[C@@H]5O[C@H]5O[C@H](CO)[C@@H](O)[C@H](O)[C@@H]5O)[C@@H](O)[C@H](O[C@H]5O[C@H](CO)[C@@H](O)[C@H](O)[C@@H]5O[C@H]5O[C@H](CO)[C@@H](O)[C@H](O)[C@@H]5O)[C@@H]4O)[C@@H](O)[C@H](O[C@H]4O[C@H](CO)[C@@H](O)[C@H](O)[C@@H]4O[C@H]4O[C@H](CO)[C@@H](O)[C@H](O)[C@@H]4O)[C@@H]3O)[C@H](O)[C@H]2NC(C)=O)[C@@H](CO)O[C@@H]1O. The third kappa shape index (κ3) is 20.7. The van der Waals surface area contributed by atoms with Crippen LogP contribution < -0.4 is 10.6 Å². The van der Waals surface area contributed by atoms with Gasteiger partial charge in [-0.1, -0.05) is 0 Å². The summed E-state index contributed by atoms with van der Waals surface area (Å²) in [6, 6.07) is -3.62. The lowest BCUT2D eigenvalue weighted by Crippen LogP contribution is -2.70. The molecule has 0 aliphatic carbocycles. The van der Waals surface area contributed by atoms with Crippen molar-refractivity contribution in [1.82, 2.24) is 10.6 Å². The van der Waals surface area contributed by atoms with Gasteiger partial charge in [-0.15, -0.1) is 0 Å². The molecule has 0 aromatic heterocycles. The maximum absolute atomic E-state index is 13.0. The minimum Gasteiger partial charge on any atom is -0.394 e. The topological polar surface area (TPSA) is 840 Å². The van der Waals surface area contributed by atoms with Gasteiger partial charge < -0.3 is 254 Å². The van der Waals surface area contributed by atoms with Crippen molar-refractivity contribution >= 4 is 11.8 Å². The van der Waals surface area contributed by atoms with Crippen LogP contribution in [-0.4, -0.2) is 538 Å². The number of hydrogen-bond donors (Lipinski definition) is 32. The van der Waals surface area contributed by atoms with Crippen LogP contribution in [0.4, 0.5) is 0 Å². The Kier molecular flexibility index (Phi) is 34.4. The van der Waals surface area contributed by atoms with E-state index in [1.165, 1.54) is 0 Å². The number of aliphatic hydroxyl groups excluding tert-OH is 30. The third-order valence-electron chi connectivity index (χ3n) is 21.7. The van der Waals surface area contributed by atoms with Gasteiger partial charge in [-0.3, -0.25) is 9.59 Å². The number of amides is 2. The fourth-order valence-electron chi connectivity index (χ4n) is 15.0. The van der Waals surface area contributed by atoms with Crippen molar-refractivity contribution in [2.24, 2.45) is 0 Å². The van der Waals surface area contributed by atoms with E-state index in [9.17, 15) is 163 Å². The summed E-state index contributed by atoms with van der Waals surface area (Å²) in [6.45, 7) is -9.35. The second-order valence-corrected chi connectivity index (χ2v) is 29.5. The van der Waals surface area contributed by atoms with Gasteiger partial charge in [0.25, 0.3) is 0 Å². The minimum atomic E-state index is -2.60. The van der Waals surface area contributed by atoms with Crippen LogP contribution in [0.1, 0.15) is 13.8 Å².